The maximum absolute atomic E-state index is 4.61. The molecule has 0 radical (unpaired) electrons. The lowest BCUT2D eigenvalue weighted by molar-refractivity contribution is 0.347. The Kier molecular flexibility index (Phi) is 4.87. The molecule has 0 N–H and O–H groups in total. The third-order valence-corrected chi connectivity index (χ3v) is 4.91. The van der Waals surface area contributed by atoms with Gasteiger partial charge in [0.2, 0.25) is 0 Å². The van der Waals surface area contributed by atoms with Gasteiger partial charge < -0.3 is 0 Å². The van der Waals surface area contributed by atoms with Gasteiger partial charge in [-0.15, -0.1) is 0 Å². The van der Waals surface area contributed by atoms with Gasteiger partial charge in [0, 0.05) is 18.0 Å². The summed E-state index contributed by atoms with van der Waals surface area (Å²) in [6.45, 7) is 4.57. The fourth-order valence-corrected chi connectivity index (χ4v) is 3.40. The lowest BCUT2D eigenvalue weighted by Gasteiger charge is -2.25. The number of rotatable bonds is 4. The molecule has 1 heterocycles. The first kappa shape index (κ1) is 15.2. The Balaban J connectivity index is 1.70. The molecule has 1 aromatic heterocycles. The Morgan fingerprint density at radius 1 is 0.955 bits per heavy atom. The number of aromatic nitrogens is 2. The van der Waals surface area contributed by atoms with Crippen LogP contribution >= 0.6 is 0 Å². The molecule has 1 aromatic carbocycles. The van der Waals surface area contributed by atoms with Gasteiger partial charge in [0.25, 0.3) is 0 Å². The van der Waals surface area contributed by atoms with Crippen molar-refractivity contribution in [2.75, 3.05) is 0 Å². The largest absolute Gasteiger partial charge is 0.236 e. The quantitative estimate of drug-likeness (QED) is 0.755. The van der Waals surface area contributed by atoms with Gasteiger partial charge >= 0.3 is 0 Å². The molecule has 1 saturated carbocycles. The predicted octanol–water partition coefficient (Wildman–Crippen LogP) is 5.39. The Morgan fingerprint density at radius 2 is 1.59 bits per heavy atom. The maximum atomic E-state index is 4.61. The van der Waals surface area contributed by atoms with Crippen LogP contribution in [0.25, 0.3) is 11.4 Å². The first-order valence-electron chi connectivity index (χ1n) is 8.67. The Hall–Kier alpha value is -1.70. The zero-order valence-electron chi connectivity index (χ0n) is 13.8. The first-order chi connectivity index (χ1) is 10.8. The van der Waals surface area contributed by atoms with Crippen LogP contribution < -0.4 is 0 Å². The van der Waals surface area contributed by atoms with E-state index in [0.29, 0.717) is 5.92 Å². The number of nitrogens with zero attached hydrogens (tertiary/aromatic N) is 2. The summed E-state index contributed by atoms with van der Waals surface area (Å²) in [5.74, 6) is 2.39. The number of benzene rings is 1. The Labute approximate surface area is 134 Å². The average molecular weight is 294 g/mol. The monoisotopic (exact) mass is 294 g/mol. The van der Waals surface area contributed by atoms with Crippen molar-refractivity contribution in [2.45, 2.75) is 58.3 Å². The Morgan fingerprint density at radius 3 is 2.18 bits per heavy atom. The van der Waals surface area contributed by atoms with Gasteiger partial charge in [-0.25, -0.2) is 9.97 Å². The molecule has 1 aliphatic carbocycles. The van der Waals surface area contributed by atoms with E-state index in [2.05, 4.69) is 48.1 Å². The molecule has 116 valence electrons. The SMILES string of the molecule is CCCc1ccc(-c2ncc([C@H]3CC[C@H](C)CC3)cn2)cc1. The molecule has 0 aliphatic heterocycles. The number of aryl methyl sites for hydroxylation is 1. The van der Waals surface area contributed by atoms with Crippen LogP contribution in [0.3, 0.4) is 0 Å². The molecule has 2 heteroatoms. The van der Waals surface area contributed by atoms with Crippen molar-refractivity contribution in [3.8, 4) is 11.4 Å². The van der Waals surface area contributed by atoms with Crippen molar-refractivity contribution >= 4 is 0 Å². The fourth-order valence-electron chi connectivity index (χ4n) is 3.40. The van der Waals surface area contributed by atoms with Crippen molar-refractivity contribution in [1.82, 2.24) is 9.97 Å². The number of hydrogen-bond acceptors (Lipinski definition) is 2. The van der Waals surface area contributed by atoms with Crippen LogP contribution in [-0.4, -0.2) is 9.97 Å². The van der Waals surface area contributed by atoms with E-state index in [4.69, 9.17) is 0 Å². The summed E-state index contributed by atoms with van der Waals surface area (Å²) in [6.07, 6.45) is 11.7. The van der Waals surface area contributed by atoms with E-state index in [0.717, 1.165) is 23.7 Å². The summed E-state index contributed by atoms with van der Waals surface area (Å²) in [7, 11) is 0. The van der Waals surface area contributed by atoms with Crippen LogP contribution in [0, 0.1) is 5.92 Å². The molecule has 1 fully saturated rings. The minimum atomic E-state index is 0.664. The second-order valence-corrected chi connectivity index (χ2v) is 6.74. The van der Waals surface area contributed by atoms with Crippen LogP contribution in [-0.2, 0) is 6.42 Å². The topological polar surface area (TPSA) is 25.8 Å². The molecule has 0 unspecified atom stereocenters. The van der Waals surface area contributed by atoms with Crippen molar-refractivity contribution in [2.24, 2.45) is 5.92 Å². The van der Waals surface area contributed by atoms with Crippen molar-refractivity contribution in [3.63, 3.8) is 0 Å². The molecule has 3 rings (SSSR count). The molecular weight excluding hydrogens is 268 g/mol. The lowest BCUT2D eigenvalue weighted by atomic mass is 9.80. The molecule has 22 heavy (non-hydrogen) atoms. The van der Waals surface area contributed by atoms with Crippen LogP contribution in [0.5, 0.6) is 0 Å². The minimum absolute atomic E-state index is 0.664. The van der Waals surface area contributed by atoms with Gasteiger partial charge in [0.15, 0.2) is 5.82 Å². The maximum Gasteiger partial charge on any atom is 0.159 e. The number of hydrogen-bond donors (Lipinski definition) is 0. The molecule has 0 atom stereocenters. The molecule has 0 amide bonds. The van der Waals surface area contributed by atoms with Gasteiger partial charge in [-0.1, -0.05) is 57.4 Å². The summed E-state index contributed by atoms with van der Waals surface area (Å²) < 4.78 is 0. The van der Waals surface area contributed by atoms with Crippen LogP contribution in [0.1, 0.15) is 63.0 Å². The third kappa shape index (κ3) is 3.55. The summed E-state index contributed by atoms with van der Waals surface area (Å²) >= 11 is 0. The highest BCUT2D eigenvalue weighted by Gasteiger charge is 2.20. The molecular formula is C20H26N2. The highest BCUT2D eigenvalue weighted by molar-refractivity contribution is 5.55. The first-order valence-corrected chi connectivity index (χ1v) is 8.67. The van der Waals surface area contributed by atoms with Crippen molar-refractivity contribution in [1.29, 1.82) is 0 Å². The van der Waals surface area contributed by atoms with Crippen molar-refractivity contribution < 1.29 is 0 Å². The second-order valence-electron chi connectivity index (χ2n) is 6.74. The van der Waals surface area contributed by atoms with Gasteiger partial charge in [0.05, 0.1) is 0 Å². The van der Waals surface area contributed by atoms with Gasteiger partial charge in [0.1, 0.15) is 0 Å². The van der Waals surface area contributed by atoms with E-state index in [1.54, 1.807) is 0 Å². The van der Waals surface area contributed by atoms with Crippen LogP contribution in [0.15, 0.2) is 36.7 Å². The summed E-state index contributed by atoms with van der Waals surface area (Å²) in [6, 6.07) is 8.67. The van der Waals surface area contributed by atoms with Crippen LogP contribution in [0.2, 0.25) is 0 Å². The van der Waals surface area contributed by atoms with E-state index in [1.165, 1.54) is 43.2 Å². The summed E-state index contributed by atoms with van der Waals surface area (Å²) in [5.41, 5.74) is 3.82. The minimum Gasteiger partial charge on any atom is -0.236 e. The zero-order valence-corrected chi connectivity index (χ0v) is 13.8. The predicted molar refractivity (Wildman–Crippen MR) is 91.8 cm³/mol. The Bertz CT molecular complexity index is 578. The molecule has 2 aromatic rings. The van der Waals surface area contributed by atoms with Gasteiger partial charge in [-0.05, 0) is 42.2 Å². The van der Waals surface area contributed by atoms with E-state index in [9.17, 15) is 0 Å². The molecule has 1 aliphatic rings. The molecule has 0 spiro atoms. The lowest BCUT2D eigenvalue weighted by Crippen LogP contribution is -2.11. The summed E-state index contributed by atoms with van der Waals surface area (Å²) in [5, 5.41) is 0. The fraction of sp³-hybridized carbons (Fsp3) is 0.500. The standard InChI is InChI=1S/C20H26N2/c1-3-4-16-7-11-18(12-8-16)20-21-13-19(14-22-20)17-9-5-15(2)6-10-17/h7-8,11-15,17H,3-6,9-10H2,1-2H3/t15-,17-. The zero-order chi connectivity index (χ0) is 15.4. The third-order valence-electron chi connectivity index (χ3n) is 4.91. The summed E-state index contributed by atoms with van der Waals surface area (Å²) in [4.78, 5) is 9.22. The highest BCUT2D eigenvalue weighted by atomic mass is 14.9. The smallest absolute Gasteiger partial charge is 0.159 e. The van der Waals surface area contributed by atoms with E-state index in [1.807, 2.05) is 12.4 Å². The van der Waals surface area contributed by atoms with E-state index >= 15 is 0 Å². The van der Waals surface area contributed by atoms with E-state index in [-0.39, 0.29) is 0 Å². The molecule has 0 saturated heterocycles. The normalized spacial score (nSPS) is 21.7. The highest BCUT2D eigenvalue weighted by Crippen LogP contribution is 2.35. The second kappa shape index (κ2) is 7.04. The van der Waals surface area contributed by atoms with Crippen molar-refractivity contribution in [3.05, 3.63) is 47.8 Å². The molecule has 2 nitrogen and oxygen atoms in total. The molecule has 0 bridgehead atoms. The van der Waals surface area contributed by atoms with Gasteiger partial charge in [-0.3, -0.25) is 0 Å². The average Bonchev–Trinajstić information content (AvgIpc) is 2.57. The van der Waals surface area contributed by atoms with E-state index < -0.39 is 0 Å². The van der Waals surface area contributed by atoms with Crippen LogP contribution in [0.4, 0.5) is 0 Å². The van der Waals surface area contributed by atoms with Gasteiger partial charge in [-0.2, -0.15) is 0 Å².